The second-order valence-electron chi connectivity index (χ2n) is 5.12. The molecule has 2 aromatic carbocycles. The lowest BCUT2D eigenvalue weighted by molar-refractivity contribution is -0.872. The van der Waals surface area contributed by atoms with Crippen LogP contribution in [0.5, 0.6) is 0 Å². The summed E-state index contributed by atoms with van der Waals surface area (Å²) in [4.78, 5) is 1.03. The molecule has 0 saturated heterocycles. The molecule has 0 aromatic heterocycles. The number of benzene rings is 2. The SMILES string of the molecule is C[NH+](C)Cc1ccccc1.Nc1ccc(S(=O)(=O)[O-])c(N)c1. The maximum atomic E-state index is 10.5. The van der Waals surface area contributed by atoms with Crippen molar-refractivity contribution in [1.82, 2.24) is 0 Å². The van der Waals surface area contributed by atoms with E-state index in [4.69, 9.17) is 11.5 Å². The Morgan fingerprint density at radius 2 is 1.64 bits per heavy atom. The van der Waals surface area contributed by atoms with Gasteiger partial charge in [-0.05, 0) is 18.2 Å². The quantitative estimate of drug-likeness (QED) is 0.547. The maximum Gasteiger partial charge on any atom is 0.126 e. The van der Waals surface area contributed by atoms with E-state index in [1.165, 1.54) is 22.6 Å². The Morgan fingerprint density at radius 1 is 1.05 bits per heavy atom. The van der Waals surface area contributed by atoms with Gasteiger partial charge in [-0.2, -0.15) is 0 Å². The van der Waals surface area contributed by atoms with Gasteiger partial charge in [0.05, 0.1) is 24.7 Å². The Labute approximate surface area is 131 Å². The molecule has 5 N–H and O–H groups in total. The van der Waals surface area contributed by atoms with Crippen LogP contribution in [0.3, 0.4) is 0 Å². The smallest absolute Gasteiger partial charge is 0.126 e. The van der Waals surface area contributed by atoms with Crippen LogP contribution in [0.1, 0.15) is 5.56 Å². The van der Waals surface area contributed by atoms with Gasteiger partial charge in [0.15, 0.2) is 0 Å². The maximum absolute atomic E-state index is 10.5. The molecule has 0 radical (unpaired) electrons. The van der Waals surface area contributed by atoms with Gasteiger partial charge in [-0.1, -0.05) is 30.3 Å². The first kappa shape index (κ1) is 18.0. The van der Waals surface area contributed by atoms with E-state index in [1.54, 1.807) is 0 Å². The van der Waals surface area contributed by atoms with Crippen LogP contribution in [0.25, 0.3) is 0 Å². The van der Waals surface area contributed by atoms with Crippen LogP contribution in [0.4, 0.5) is 11.4 Å². The highest BCUT2D eigenvalue weighted by Gasteiger charge is 2.05. The molecule has 0 spiro atoms. The summed E-state index contributed by atoms with van der Waals surface area (Å²) >= 11 is 0. The third kappa shape index (κ3) is 6.13. The average Bonchev–Trinajstić information content (AvgIpc) is 2.38. The van der Waals surface area contributed by atoms with Crippen LogP contribution >= 0.6 is 0 Å². The molecule has 0 aliphatic rings. The van der Waals surface area contributed by atoms with E-state index in [2.05, 4.69) is 44.4 Å². The number of quaternary nitrogens is 1. The molecule has 7 heteroatoms. The van der Waals surface area contributed by atoms with Gasteiger partial charge in [-0.3, -0.25) is 0 Å². The number of rotatable bonds is 3. The van der Waals surface area contributed by atoms with E-state index in [9.17, 15) is 13.0 Å². The van der Waals surface area contributed by atoms with E-state index in [0.717, 1.165) is 12.6 Å². The molecule has 0 bridgehead atoms. The first-order chi connectivity index (χ1) is 10.2. The van der Waals surface area contributed by atoms with Gasteiger partial charge >= 0.3 is 0 Å². The van der Waals surface area contributed by atoms with E-state index in [0.29, 0.717) is 5.69 Å². The molecule has 0 unspecified atom stereocenters. The largest absolute Gasteiger partial charge is 0.744 e. The summed E-state index contributed by atoms with van der Waals surface area (Å²) in [6.45, 7) is 1.11. The van der Waals surface area contributed by atoms with Crippen LogP contribution in [0, 0.1) is 0 Å². The lowest BCUT2D eigenvalue weighted by atomic mass is 10.2. The van der Waals surface area contributed by atoms with Crippen molar-refractivity contribution in [2.24, 2.45) is 0 Å². The summed E-state index contributed by atoms with van der Waals surface area (Å²) in [5.74, 6) is 0. The number of nitrogens with one attached hydrogen (secondary N) is 1. The molecule has 0 atom stereocenters. The van der Waals surface area contributed by atoms with E-state index < -0.39 is 15.0 Å². The van der Waals surface area contributed by atoms with Gasteiger partial charge in [-0.25, -0.2) is 8.42 Å². The Hall–Kier alpha value is -2.09. The topological polar surface area (TPSA) is 114 Å². The van der Waals surface area contributed by atoms with Crippen molar-refractivity contribution in [3.63, 3.8) is 0 Å². The fourth-order valence-corrected chi connectivity index (χ4v) is 2.38. The summed E-state index contributed by atoms with van der Waals surface area (Å²) < 4.78 is 31.5. The van der Waals surface area contributed by atoms with Gasteiger partial charge in [0.2, 0.25) is 0 Å². The highest BCUT2D eigenvalue weighted by molar-refractivity contribution is 7.86. The van der Waals surface area contributed by atoms with Crippen molar-refractivity contribution in [2.45, 2.75) is 11.4 Å². The number of hydrogen-bond acceptors (Lipinski definition) is 5. The highest BCUT2D eigenvalue weighted by atomic mass is 32.2. The fourth-order valence-electron chi connectivity index (χ4n) is 1.80. The second kappa shape index (κ2) is 7.79. The lowest BCUT2D eigenvalue weighted by Crippen LogP contribution is -3.04. The molecule has 22 heavy (non-hydrogen) atoms. The van der Waals surface area contributed by atoms with Gasteiger partial charge in [0.1, 0.15) is 16.7 Å². The van der Waals surface area contributed by atoms with Crippen LogP contribution < -0.4 is 16.4 Å². The predicted octanol–water partition coefficient (Wildman–Crippen LogP) is 0.0862. The molecule has 2 rings (SSSR count). The minimum atomic E-state index is -4.48. The van der Waals surface area contributed by atoms with Gasteiger partial charge in [0, 0.05) is 11.3 Å². The van der Waals surface area contributed by atoms with Crippen molar-refractivity contribution in [3.05, 3.63) is 54.1 Å². The molecule has 0 amide bonds. The number of hydrogen-bond donors (Lipinski definition) is 3. The lowest BCUT2D eigenvalue weighted by Gasteiger charge is -2.09. The summed E-state index contributed by atoms with van der Waals surface area (Å²) in [5.41, 5.74) is 12.1. The zero-order valence-corrected chi connectivity index (χ0v) is 13.4. The molecule has 0 heterocycles. The third-order valence-corrected chi connectivity index (χ3v) is 3.61. The average molecular weight is 323 g/mol. The van der Waals surface area contributed by atoms with Crippen molar-refractivity contribution in [3.8, 4) is 0 Å². The minimum absolute atomic E-state index is 0.120. The first-order valence-corrected chi connectivity index (χ1v) is 8.05. The normalized spacial score (nSPS) is 10.9. The zero-order valence-electron chi connectivity index (χ0n) is 12.6. The van der Waals surface area contributed by atoms with Gasteiger partial charge in [0.25, 0.3) is 0 Å². The van der Waals surface area contributed by atoms with Gasteiger partial charge < -0.3 is 20.9 Å². The summed E-state index contributed by atoms with van der Waals surface area (Å²) in [7, 11) is -0.161. The molecule has 0 saturated carbocycles. The Kier molecular flexibility index (Phi) is 6.36. The highest BCUT2D eigenvalue weighted by Crippen LogP contribution is 2.19. The fraction of sp³-hybridized carbons (Fsp3) is 0.200. The Bertz CT molecular complexity index is 701. The van der Waals surface area contributed by atoms with Crippen molar-refractivity contribution < 1.29 is 17.9 Å². The molecular formula is C15H21N3O3S. The number of nitrogen functional groups attached to an aromatic ring is 2. The van der Waals surface area contributed by atoms with Crippen molar-refractivity contribution >= 4 is 21.5 Å². The summed E-state index contributed by atoms with van der Waals surface area (Å²) in [6.07, 6.45) is 0. The standard InChI is InChI=1S/C9H13N.C6H8N2O3S/c1-10(2)8-9-6-4-3-5-7-9;7-4-1-2-6(5(8)3-4)12(9,10)11/h3-7H,8H2,1-2H3;1-3H,7-8H2,(H,9,10,11). The van der Waals surface area contributed by atoms with E-state index in [1.807, 2.05) is 0 Å². The zero-order chi connectivity index (χ0) is 16.8. The van der Waals surface area contributed by atoms with Crippen LogP contribution in [0.2, 0.25) is 0 Å². The summed E-state index contributed by atoms with van der Waals surface area (Å²) in [6, 6.07) is 14.2. The monoisotopic (exact) mass is 323 g/mol. The van der Waals surface area contributed by atoms with Crippen LogP contribution in [-0.2, 0) is 16.7 Å². The Balaban J connectivity index is 0.000000224. The van der Waals surface area contributed by atoms with E-state index >= 15 is 0 Å². The molecule has 0 aliphatic carbocycles. The molecule has 120 valence electrons. The molecule has 0 aliphatic heterocycles. The molecular weight excluding hydrogens is 302 g/mol. The van der Waals surface area contributed by atoms with Crippen LogP contribution in [-0.4, -0.2) is 27.1 Å². The van der Waals surface area contributed by atoms with Crippen molar-refractivity contribution in [2.75, 3.05) is 25.6 Å². The molecule has 6 nitrogen and oxygen atoms in total. The summed E-state index contributed by atoms with van der Waals surface area (Å²) in [5, 5.41) is 0. The molecule has 0 fully saturated rings. The van der Waals surface area contributed by atoms with E-state index in [-0.39, 0.29) is 5.69 Å². The second-order valence-corrected chi connectivity index (χ2v) is 6.47. The number of nitrogens with two attached hydrogens (primary N) is 2. The predicted molar refractivity (Wildman–Crippen MR) is 86.2 cm³/mol. The van der Waals surface area contributed by atoms with Gasteiger partial charge in [-0.15, -0.1) is 0 Å². The molecule has 2 aromatic rings. The minimum Gasteiger partial charge on any atom is -0.744 e. The Morgan fingerprint density at radius 3 is 2.09 bits per heavy atom. The van der Waals surface area contributed by atoms with Crippen LogP contribution in [0.15, 0.2) is 53.4 Å². The third-order valence-electron chi connectivity index (χ3n) is 2.70. The first-order valence-electron chi connectivity index (χ1n) is 6.64. The van der Waals surface area contributed by atoms with Crippen molar-refractivity contribution in [1.29, 1.82) is 0 Å². The number of anilines is 2.